The summed E-state index contributed by atoms with van der Waals surface area (Å²) in [6.45, 7) is 8.50. The van der Waals surface area contributed by atoms with Gasteiger partial charge in [-0.3, -0.25) is 0 Å². The summed E-state index contributed by atoms with van der Waals surface area (Å²) < 4.78 is 10.6. The van der Waals surface area contributed by atoms with Crippen LogP contribution >= 0.6 is 0 Å². The second kappa shape index (κ2) is 8.33. The molecule has 2 N–H and O–H groups in total. The Morgan fingerprint density at radius 2 is 2.21 bits per heavy atom. The Bertz CT molecular complexity index is 665. The Morgan fingerprint density at radius 3 is 2.88 bits per heavy atom. The molecule has 0 radical (unpaired) electrons. The molecule has 7 heteroatoms. The predicted octanol–water partition coefficient (Wildman–Crippen LogP) is 2.52. The van der Waals surface area contributed by atoms with E-state index in [2.05, 4.69) is 20.8 Å². The van der Waals surface area contributed by atoms with Crippen LogP contribution in [0.3, 0.4) is 0 Å². The molecule has 0 aliphatic heterocycles. The number of pyridine rings is 1. The number of ether oxygens (including phenoxy) is 1. The van der Waals surface area contributed by atoms with E-state index in [4.69, 9.17) is 9.26 Å². The van der Waals surface area contributed by atoms with Crippen LogP contribution in [0.1, 0.15) is 36.4 Å². The molecule has 7 nitrogen and oxygen atoms in total. The number of nitrogens with zero attached hydrogens (tertiary/aromatic N) is 2. The van der Waals surface area contributed by atoms with Gasteiger partial charge in [-0.25, -0.2) is 9.78 Å². The zero-order valence-electron chi connectivity index (χ0n) is 14.5. The molecule has 0 bridgehead atoms. The first-order valence-electron chi connectivity index (χ1n) is 8.04. The second-order valence-corrected chi connectivity index (χ2v) is 5.64. The van der Waals surface area contributed by atoms with E-state index in [1.807, 2.05) is 39.8 Å². The number of urea groups is 1. The van der Waals surface area contributed by atoms with Crippen LogP contribution in [0.15, 0.2) is 22.9 Å². The van der Waals surface area contributed by atoms with Crippen molar-refractivity contribution < 1.29 is 14.1 Å². The highest BCUT2D eigenvalue weighted by atomic mass is 16.5. The minimum Gasteiger partial charge on any atom is -0.478 e. The van der Waals surface area contributed by atoms with E-state index in [1.54, 1.807) is 6.20 Å². The number of carbonyl (C=O) groups excluding carboxylic acids is 1. The van der Waals surface area contributed by atoms with Crippen molar-refractivity contribution in [1.82, 2.24) is 20.8 Å². The molecule has 0 spiro atoms. The minimum atomic E-state index is -0.236. The fourth-order valence-corrected chi connectivity index (χ4v) is 2.43. The third kappa shape index (κ3) is 4.71. The van der Waals surface area contributed by atoms with Crippen molar-refractivity contribution in [3.05, 3.63) is 40.9 Å². The van der Waals surface area contributed by atoms with Gasteiger partial charge < -0.3 is 19.9 Å². The fourth-order valence-electron chi connectivity index (χ4n) is 2.43. The van der Waals surface area contributed by atoms with Gasteiger partial charge in [-0.1, -0.05) is 11.2 Å². The third-order valence-corrected chi connectivity index (χ3v) is 3.64. The molecule has 0 saturated heterocycles. The standard InChI is InChI=1S/C17H24N4O3/c1-5-23-16-14(7-6-8-18-16)10-19-17(22)20-11(2)9-15-12(3)21-24-13(15)4/h6-8,11H,5,9-10H2,1-4H3,(H2,19,20,22)/t11-/m0/s1. The Hall–Kier alpha value is -2.57. The summed E-state index contributed by atoms with van der Waals surface area (Å²) >= 11 is 0. The van der Waals surface area contributed by atoms with Crippen LogP contribution < -0.4 is 15.4 Å². The van der Waals surface area contributed by atoms with Crippen LogP contribution in [0.5, 0.6) is 5.88 Å². The molecule has 24 heavy (non-hydrogen) atoms. The predicted molar refractivity (Wildman–Crippen MR) is 89.9 cm³/mol. The summed E-state index contributed by atoms with van der Waals surface area (Å²) in [5.74, 6) is 1.34. The van der Waals surface area contributed by atoms with E-state index in [0.29, 0.717) is 25.5 Å². The van der Waals surface area contributed by atoms with Crippen LogP contribution in [0.2, 0.25) is 0 Å². The molecular formula is C17H24N4O3. The molecule has 0 fully saturated rings. The number of hydrogen-bond donors (Lipinski definition) is 2. The molecule has 2 rings (SSSR count). The lowest BCUT2D eigenvalue weighted by Gasteiger charge is -2.15. The number of amides is 2. The SMILES string of the molecule is CCOc1ncccc1CNC(=O)N[C@@H](C)Cc1c(C)noc1C. The van der Waals surface area contributed by atoms with Crippen LogP contribution in [-0.4, -0.2) is 28.8 Å². The monoisotopic (exact) mass is 332 g/mol. The topological polar surface area (TPSA) is 89.3 Å². The largest absolute Gasteiger partial charge is 0.478 e. The van der Waals surface area contributed by atoms with Gasteiger partial charge in [0.2, 0.25) is 5.88 Å². The van der Waals surface area contributed by atoms with Crippen LogP contribution in [0.25, 0.3) is 0 Å². The molecule has 0 aromatic carbocycles. The molecule has 0 saturated carbocycles. The number of nitrogens with one attached hydrogen (secondary N) is 2. The van der Waals surface area contributed by atoms with Crippen molar-refractivity contribution in [2.75, 3.05) is 6.61 Å². The van der Waals surface area contributed by atoms with Crippen LogP contribution in [-0.2, 0) is 13.0 Å². The van der Waals surface area contributed by atoms with Crippen molar-refractivity contribution in [1.29, 1.82) is 0 Å². The van der Waals surface area contributed by atoms with Gasteiger partial charge in [0, 0.05) is 29.9 Å². The Labute approximate surface area is 141 Å². The highest BCUT2D eigenvalue weighted by Crippen LogP contribution is 2.15. The number of hydrogen-bond acceptors (Lipinski definition) is 5. The number of aryl methyl sites for hydroxylation is 2. The lowest BCUT2D eigenvalue weighted by atomic mass is 10.1. The Kier molecular flexibility index (Phi) is 6.17. The number of aromatic nitrogens is 2. The fraction of sp³-hybridized carbons (Fsp3) is 0.471. The molecule has 0 unspecified atom stereocenters. The zero-order valence-corrected chi connectivity index (χ0v) is 14.5. The lowest BCUT2D eigenvalue weighted by molar-refractivity contribution is 0.237. The molecule has 2 amide bonds. The summed E-state index contributed by atoms with van der Waals surface area (Å²) in [4.78, 5) is 16.2. The van der Waals surface area contributed by atoms with E-state index < -0.39 is 0 Å². The number of rotatable bonds is 7. The van der Waals surface area contributed by atoms with E-state index in [1.165, 1.54) is 0 Å². The van der Waals surface area contributed by atoms with Crippen molar-refractivity contribution in [3.63, 3.8) is 0 Å². The zero-order chi connectivity index (χ0) is 17.5. The molecule has 2 aromatic heterocycles. The van der Waals surface area contributed by atoms with Gasteiger partial charge >= 0.3 is 6.03 Å². The van der Waals surface area contributed by atoms with Crippen LogP contribution in [0.4, 0.5) is 4.79 Å². The van der Waals surface area contributed by atoms with Gasteiger partial charge in [0.15, 0.2) is 0 Å². The normalized spacial score (nSPS) is 11.8. The second-order valence-electron chi connectivity index (χ2n) is 5.64. The molecule has 0 aliphatic carbocycles. The Balaban J connectivity index is 1.85. The summed E-state index contributed by atoms with van der Waals surface area (Å²) in [5, 5.41) is 9.67. The summed E-state index contributed by atoms with van der Waals surface area (Å²) in [7, 11) is 0. The highest BCUT2D eigenvalue weighted by molar-refractivity contribution is 5.74. The average Bonchev–Trinajstić information content (AvgIpc) is 2.86. The molecule has 2 heterocycles. The van der Waals surface area contributed by atoms with Gasteiger partial charge in [0.25, 0.3) is 0 Å². The van der Waals surface area contributed by atoms with Gasteiger partial charge in [-0.2, -0.15) is 0 Å². The quantitative estimate of drug-likeness (QED) is 0.813. The molecule has 0 aliphatic rings. The maximum atomic E-state index is 12.1. The van der Waals surface area contributed by atoms with Gasteiger partial charge in [0.05, 0.1) is 12.3 Å². The van der Waals surface area contributed by atoms with Gasteiger partial charge in [0.1, 0.15) is 5.76 Å². The first-order valence-corrected chi connectivity index (χ1v) is 8.04. The van der Waals surface area contributed by atoms with Crippen molar-refractivity contribution in [2.45, 2.75) is 46.7 Å². The minimum absolute atomic E-state index is 0.0398. The first kappa shape index (κ1) is 17.8. The van der Waals surface area contributed by atoms with Crippen molar-refractivity contribution in [3.8, 4) is 5.88 Å². The molecule has 1 atom stereocenters. The summed E-state index contributed by atoms with van der Waals surface area (Å²) in [6, 6.07) is 3.42. The van der Waals surface area contributed by atoms with E-state index >= 15 is 0 Å². The molecule has 2 aromatic rings. The van der Waals surface area contributed by atoms with Gasteiger partial charge in [-0.05, 0) is 40.2 Å². The maximum Gasteiger partial charge on any atom is 0.315 e. The molecule has 130 valence electrons. The third-order valence-electron chi connectivity index (χ3n) is 3.64. The first-order chi connectivity index (χ1) is 11.5. The van der Waals surface area contributed by atoms with Crippen molar-refractivity contribution in [2.24, 2.45) is 0 Å². The smallest absolute Gasteiger partial charge is 0.315 e. The summed E-state index contributed by atoms with van der Waals surface area (Å²) in [5.41, 5.74) is 2.74. The molecular weight excluding hydrogens is 308 g/mol. The summed E-state index contributed by atoms with van der Waals surface area (Å²) in [6.07, 6.45) is 2.34. The average molecular weight is 332 g/mol. The highest BCUT2D eigenvalue weighted by Gasteiger charge is 2.15. The van der Waals surface area contributed by atoms with Crippen LogP contribution in [0, 0.1) is 13.8 Å². The number of carbonyl (C=O) groups is 1. The lowest BCUT2D eigenvalue weighted by Crippen LogP contribution is -2.41. The van der Waals surface area contributed by atoms with Crippen molar-refractivity contribution >= 4 is 6.03 Å². The van der Waals surface area contributed by atoms with E-state index in [-0.39, 0.29) is 12.1 Å². The maximum absolute atomic E-state index is 12.1. The Morgan fingerprint density at radius 1 is 1.42 bits per heavy atom. The van der Waals surface area contributed by atoms with E-state index in [0.717, 1.165) is 22.6 Å². The van der Waals surface area contributed by atoms with E-state index in [9.17, 15) is 4.79 Å². The van der Waals surface area contributed by atoms with Gasteiger partial charge in [-0.15, -0.1) is 0 Å².